The molecule has 0 amide bonds. The van der Waals surface area contributed by atoms with E-state index in [0.29, 0.717) is 44.7 Å². The molecule has 0 saturated carbocycles. The molecule has 2 aliphatic heterocycles. The summed E-state index contributed by atoms with van der Waals surface area (Å²) in [6.45, 7) is 8.95. The van der Waals surface area contributed by atoms with Crippen molar-refractivity contribution in [2.45, 2.75) is 63.8 Å². The quantitative estimate of drug-likeness (QED) is 0.515. The molecular formula is C22H36N4O2. The molecule has 28 heavy (non-hydrogen) atoms. The van der Waals surface area contributed by atoms with Crippen LogP contribution in [0, 0.1) is 0 Å². The Morgan fingerprint density at radius 3 is 2.71 bits per heavy atom. The maximum atomic E-state index is 10.7. The third kappa shape index (κ3) is 6.19. The summed E-state index contributed by atoms with van der Waals surface area (Å²) in [6, 6.07) is 11.6. The van der Waals surface area contributed by atoms with E-state index in [0.717, 1.165) is 38.4 Å². The number of hydrogen-bond donors (Lipinski definition) is 3. The Bertz CT molecular complexity index is 616. The monoisotopic (exact) mass is 388 g/mol. The molecule has 2 saturated heterocycles. The molecule has 2 aliphatic rings. The van der Waals surface area contributed by atoms with Crippen molar-refractivity contribution in [2.24, 2.45) is 4.99 Å². The fourth-order valence-electron chi connectivity index (χ4n) is 4.05. The molecule has 0 aromatic heterocycles. The predicted octanol–water partition coefficient (Wildman–Crippen LogP) is 2.14. The number of hydrogen-bond acceptors (Lipinski definition) is 4. The lowest BCUT2D eigenvalue weighted by Gasteiger charge is -2.38. The number of guanidine groups is 1. The molecule has 0 bridgehead atoms. The van der Waals surface area contributed by atoms with E-state index in [9.17, 15) is 5.11 Å². The number of rotatable bonds is 6. The van der Waals surface area contributed by atoms with Gasteiger partial charge in [-0.1, -0.05) is 30.3 Å². The van der Waals surface area contributed by atoms with Crippen LogP contribution in [0.1, 0.15) is 45.1 Å². The molecule has 0 spiro atoms. The van der Waals surface area contributed by atoms with Gasteiger partial charge in [0.15, 0.2) is 5.96 Å². The lowest BCUT2D eigenvalue weighted by atomic mass is 9.95. The van der Waals surface area contributed by atoms with E-state index in [1.165, 1.54) is 5.56 Å². The molecule has 6 nitrogen and oxygen atoms in total. The number of piperidine rings is 1. The molecule has 3 N–H and O–H groups in total. The lowest BCUT2D eigenvalue weighted by Crippen LogP contribution is -2.51. The summed E-state index contributed by atoms with van der Waals surface area (Å²) < 4.78 is 5.36. The first kappa shape index (κ1) is 21.1. The Morgan fingerprint density at radius 1 is 1.29 bits per heavy atom. The molecule has 1 aromatic carbocycles. The van der Waals surface area contributed by atoms with Crippen molar-refractivity contribution in [3.8, 4) is 0 Å². The molecule has 156 valence electrons. The Hall–Kier alpha value is -1.63. The van der Waals surface area contributed by atoms with Crippen LogP contribution in [0.2, 0.25) is 0 Å². The van der Waals surface area contributed by atoms with Crippen LogP contribution in [0.5, 0.6) is 0 Å². The third-order valence-electron chi connectivity index (χ3n) is 5.88. The number of ether oxygens (including phenoxy) is 1. The first-order valence-electron chi connectivity index (χ1n) is 10.7. The average molecular weight is 389 g/mol. The maximum Gasteiger partial charge on any atom is 0.191 e. The molecule has 1 aromatic rings. The van der Waals surface area contributed by atoms with Gasteiger partial charge in [0.05, 0.1) is 12.1 Å². The van der Waals surface area contributed by atoms with Gasteiger partial charge in [0.25, 0.3) is 0 Å². The highest BCUT2D eigenvalue weighted by Gasteiger charge is 2.30. The SMILES string of the molecule is CCNC(=NCC1(O)CCOCC1)NC1CCN(Cc2ccccc2)C(C)C1. The molecule has 6 heteroatoms. The van der Waals surface area contributed by atoms with Crippen molar-refractivity contribution < 1.29 is 9.84 Å². The zero-order valence-corrected chi connectivity index (χ0v) is 17.4. The molecule has 3 rings (SSSR count). The maximum absolute atomic E-state index is 10.7. The van der Waals surface area contributed by atoms with Crippen LogP contribution in [-0.2, 0) is 11.3 Å². The van der Waals surface area contributed by atoms with E-state index >= 15 is 0 Å². The van der Waals surface area contributed by atoms with Gasteiger partial charge in [-0.3, -0.25) is 9.89 Å². The number of nitrogens with zero attached hydrogens (tertiary/aromatic N) is 2. The summed E-state index contributed by atoms with van der Waals surface area (Å²) in [4.78, 5) is 7.25. The van der Waals surface area contributed by atoms with Gasteiger partial charge in [0.2, 0.25) is 0 Å². The van der Waals surface area contributed by atoms with E-state index in [4.69, 9.17) is 9.73 Å². The molecule has 0 aliphatic carbocycles. The van der Waals surface area contributed by atoms with Crippen molar-refractivity contribution >= 4 is 5.96 Å². The Morgan fingerprint density at radius 2 is 2.04 bits per heavy atom. The van der Waals surface area contributed by atoms with Gasteiger partial charge in [-0.05, 0) is 32.3 Å². The Labute approximate surface area is 169 Å². The molecule has 2 heterocycles. The van der Waals surface area contributed by atoms with Crippen LogP contribution in [0.4, 0.5) is 0 Å². The highest BCUT2D eigenvalue weighted by Crippen LogP contribution is 2.22. The number of nitrogens with one attached hydrogen (secondary N) is 2. The van der Waals surface area contributed by atoms with Gasteiger partial charge < -0.3 is 20.5 Å². The second-order valence-electron chi connectivity index (χ2n) is 8.20. The zero-order valence-electron chi connectivity index (χ0n) is 17.4. The van der Waals surface area contributed by atoms with Crippen LogP contribution in [-0.4, -0.2) is 66.5 Å². The van der Waals surface area contributed by atoms with E-state index in [-0.39, 0.29) is 0 Å². The van der Waals surface area contributed by atoms with E-state index in [2.05, 4.69) is 59.7 Å². The van der Waals surface area contributed by atoms with E-state index in [1.54, 1.807) is 0 Å². The summed E-state index contributed by atoms with van der Waals surface area (Å²) in [5, 5.41) is 17.6. The van der Waals surface area contributed by atoms with Crippen LogP contribution in [0.15, 0.2) is 35.3 Å². The Kier molecular flexibility index (Phi) is 7.71. The fraction of sp³-hybridized carbons (Fsp3) is 0.682. The molecular weight excluding hydrogens is 352 g/mol. The van der Waals surface area contributed by atoms with Crippen molar-refractivity contribution in [2.75, 3.05) is 32.8 Å². The second kappa shape index (κ2) is 10.2. The Balaban J connectivity index is 1.52. The highest BCUT2D eigenvalue weighted by molar-refractivity contribution is 5.80. The second-order valence-corrected chi connectivity index (χ2v) is 8.20. The van der Waals surface area contributed by atoms with Crippen molar-refractivity contribution in [3.63, 3.8) is 0 Å². The highest BCUT2D eigenvalue weighted by atomic mass is 16.5. The van der Waals surface area contributed by atoms with Crippen LogP contribution in [0.3, 0.4) is 0 Å². The van der Waals surface area contributed by atoms with Gasteiger partial charge in [-0.2, -0.15) is 0 Å². The largest absolute Gasteiger partial charge is 0.388 e. The minimum atomic E-state index is -0.729. The number of aliphatic imine (C=N–C) groups is 1. The number of benzene rings is 1. The predicted molar refractivity (Wildman–Crippen MR) is 113 cm³/mol. The van der Waals surface area contributed by atoms with Gasteiger partial charge in [0, 0.05) is 57.8 Å². The van der Waals surface area contributed by atoms with Gasteiger partial charge >= 0.3 is 0 Å². The topological polar surface area (TPSA) is 69.1 Å². The molecule has 0 radical (unpaired) electrons. The summed E-state index contributed by atoms with van der Waals surface area (Å²) in [5.74, 6) is 0.816. The zero-order chi connectivity index (χ0) is 19.8. The first-order valence-corrected chi connectivity index (χ1v) is 10.7. The van der Waals surface area contributed by atoms with E-state index < -0.39 is 5.60 Å². The fourth-order valence-corrected chi connectivity index (χ4v) is 4.05. The number of likely N-dealkylation sites (tertiary alicyclic amines) is 1. The molecule has 2 fully saturated rings. The van der Waals surface area contributed by atoms with Crippen molar-refractivity contribution in [1.82, 2.24) is 15.5 Å². The van der Waals surface area contributed by atoms with Gasteiger partial charge in [0.1, 0.15) is 0 Å². The van der Waals surface area contributed by atoms with Crippen LogP contribution < -0.4 is 10.6 Å². The van der Waals surface area contributed by atoms with E-state index in [1.807, 2.05) is 0 Å². The standard InChI is InChI=1S/C22H36N4O2/c1-3-23-21(24-17-22(27)10-13-28-14-11-22)25-20-9-12-26(18(2)15-20)16-19-7-5-4-6-8-19/h4-8,18,20,27H,3,9-17H2,1-2H3,(H2,23,24,25). The first-order chi connectivity index (χ1) is 13.6. The molecule has 2 atom stereocenters. The minimum Gasteiger partial charge on any atom is -0.388 e. The smallest absolute Gasteiger partial charge is 0.191 e. The van der Waals surface area contributed by atoms with Crippen LogP contribution >= 0.6 is 0 Å². The summed E-state index contributed by atoms with van der Waals surface area (Å²) >= 11 is 0. The average Bonchev–Trinajstić information content (AvgIpc) is 2.70. The van der Waals surface area contributed by atoms with Crippen molar-refractivity contribution in [1.29, 1.82) is 0 Å². The summed E-state index contributed by atoms with van der Waals surface area (Å²) in [5.41, 5.74) is 0.646. The van der Waals surface area contributed by atoms with Crippen molar-refractivity contribution in [3.05, 3.63) is 35.9 Å². The minimum absolute atomic E-state index is 0.407. The molecule has 2 unspecified atom stereocenters. The lowest BCUT2D eigenvalue weighted by molar-refractivity contribution is -0.0566. The summed E-state index contributed by atoms with van der Waals surface area (Å²) in [7, 11) is 0. The normalized spacial score (nSPS) is 26.0. The van der Waals surface area contributed by atoms with Crippen LogP contribution in [0.25, 0.3) is 0 Å². The number of aliphatic hydroxyl groups is 1. The third-order valence-corrected chi connectivity index (χ3v) is 5.88. The summed E-state index contributed by atoms with van der Waals surface area (Å²) in [6.07, 6.45) is 3.50. The van der Waals surface area contributed by atoms with Gasteiger partial charge in [-0.25, -0.2) is 0 Å². The van der Waals surface area contributed by atoms with Gasteiger partial charge in [-0.15, -0.1) is 0 Å².